The number of rotatable bonds is 5. The molecule has 1 unspecified atom stereocenters. The molecule has 7 heteroatoms. The molecule has 0 spiro atoms. The average molecular weight is 329 g/mol. The van der Waals surface area contributed by atoms with Gasteiger partial charge in [-0.3, -0.25) is 4.79 Å². The number of carboxylic acids is 1. The average Bonchev–Trinajstić information content (AvgIpc) is 3.25. The molecule has 2 aromatic rings. The Balaban J connectivity index is 2.02. The number of benzene rings is 1. The van der Waals surface area contributed by atoms with Crippen LogP contribution in [0.15, 0.2) is 42.7 Å². The normalized spacial score (nSPS) is 20.3. The van der Waals surface area contributed by atoms with E-state index in [1.807, 2.05) is 6.07 Å². The van der Waals surface area contributed by atoms with Gasteiger partial charge in [-0.05, 0) is 31.0 Å². The molecule has 1 aliphatic heterocycles. The maximum absolute atomic E-state index is 13.1. The van der Waals surface area contributed by atoms with E-state index < -0.39 is 11.5 Å². The zero-order valence-corrected chi connectivity index (χ0v) is 13.4. The van der Waals surface area contributed by atoms with Crippen molar-refractivity contribution >= 4 is 11.9 Å². The van der Waals surface area contributed by atoms with Crippen molar-refractivity contribution in [2.75, 3.05) is 20.3 Å². The highest BCUT2D eigenvalue weighted by Crippen LogP contribution is 2.32. The van der Waals surface area contributed by atoms with Crippen molar-refractivity contribution in [1.82, 2.24) is 14.7 Å². The van der Waals surface area contributed by atoms with Gasteiger partial charge in [0.1, 0.15) is 0 Å². The van der Waals surface area contributed by atoms with E-state index in [1.165, 1.54) is 12.0 Å². The van der Waals surface area contributed by atoms with Gasteiger partial charge in [0.15, 0.2) is 5.54 Å². The van der Waals surface area contributed by atoms with Crippen LogP contribution < -0.4 is 0 Å². The van der Waals surface area contributed by atoms with Crippen molar-refractivity contribution < 1.29 is 19.4 Å². The smallest absolute Gasteiger partial charge is 0.332 e. The third-order valence-corrected chi connectivity index (χ3v) is 4.40. The Labute approximate surface area is 139 Å². The molecule has 0 aliphatic carbocycles. The molecule has 1 fully saturated rings. The fourth-order valence-electron chi connectivity index (χ4n) is 3.26. The quantitative estimate of drug-likeness (QED) is 0.900. The van der Waals surface area contributed by atoms with Gasteiger partial charge < -0.3 is 14.7 Å². The zero-order valence-electron chi connectivity index (χ0n) is 13.4. The summed E-state index contributed by atoms with van der Waals surface area (Å²) in [5.41, 5.74) is -0.274. The van der Waals surface area contributed by atoms with Crippen molar-refractivity contribution in [3.05, 3.63) is 48.3 Å². The lowest BCUT2D eigenvalue weighted by Crippen LogP contribution is -2.56. The standard InChI is InChI=1S/C17H19N3O4/c1-24-12-17(16(22)23)8-4-10-19(17)15(21)13-6-2-3-7-14(13)20-11-5-9-18-20/h2-3,5-7,9,11H,4,8,10,12H2,1H3,(H,22,23). The molecule has 24 heavy (non-hydrogen) atoms. The topological polar surface area (TPSA) is 84.7 Å². The van der Waals surface area contributed by atoms with Gasteiger partial charge in [-0.2, -0.15) is 5.10 Å². The molecule has 1 saturated heterocycles. The van der Waals surface area contributed by atoms with Crippen molar-refractivity contribution in [3.8, 4) is 5.69 Å². The monoisotopic (exact) mass is 329 g/mol. The third-order valence-electron chi connectivity index (χ3n) is 4.40. The number of hydrogen-bond acceptors (Lipinski definition) is 4. The molecule has 1 atom stereocenters. The molecule has 3 rings (SSSR count). The van der Waals surface area contributed by atoms with E-state index in [4.69, 9.17) is 4.74 Å². The van der Waals surface area contributed by atoms with Crippen molar-refractivity contribution in [2.45, 2.75) is 18.4 Å². The van der Waals surface area contributed by atoms with Crippen molar-refractivity contribution in [1.29, 1.82) is 0 Å². The van der Waals surface area contributed by atoms with Crippen LogP contribution in [-0.2, 0) is 9.53 Å². The van der Waals surface area contributed by atoms with Crippen LogP contribution in [0.2, 0.25) is 0 Å². The van der Waals surface area contributed by atoms with E-state index in [9.17, 15) is 14.7 Å². The number of carbonyl (C=O) groups is 2. The second-order valence-electron chi connectivity index (χ2n) is 5.80. The van der Waals surface area contributed by atoms with Crippen LogP contribution in [0.5, 0.6) is 0 Å². The molecule has 2 heterocycles. The summed E-state index contributed by atoms with van der Waals surface area (Å²) in [7, 11) is 1.45. The van der Waals surface area contributed by atoms with Crippen LogP contribution in [0.25, 0.3) is 5.69 Å². The Kier molecular flexibility index (Phi) is 4.35. The van der Waals surface area contributed by atoms with Gasteiger partial charge >= 0.3 is 5.97 Å². The molecule has 0 bridgehead atoms. The summed E-state index contributed by atoms with van der Waals surface area (Å²) in [4.78, 5) is 26.4. The van der Waals surface area contributed by atoms with Gasteiger partial charge in [0.25, 0.3) is 5.91 Å². The molecular weight excluding hydrogens is 310 g/mol. The van der Waals surface area contributed by atoms with E-state index in [2.05, 4.69) is 5.10 Å². The van der Waals surface area contributed by atoms with Crippen molar-refractivity contribution in [2.24, 2.45) is 0 Å². The highest BCUT2D eigenvalue weighted by atomic mass is 16.5. The largest absolute Gasteiger partial charge is 0.479 e. The first-order valence-electron chi connectivity index (χ1n) is 7.73. The lowest BCUT2D eigenvalue weighted by Gasteiger charge is -2.34. The van der Waals surface area contributed by atoms with E-state index >= 15 is 0 Å². The van der Waals surface area contributed by atoms with Gasteiger partial charge in [-0.25, -0.2) is 9.48 Å². The number of aromatic nitrogens is 2. The van der Waals surface area contributed by atoms with Gasteiger partial charge in [-0.1, -0.05) is 12.1 Å². The summed E-state index contributed by atoms with van der Waals surface area (Å²) >= 11 is 0. The fourth-order valence-corrected chi connectivity index (χ4v) is 3.26. The van der Waals surface area contributed by atoms with Crippen LogP contribution >= 0.6 is 0 Å². The maximum Gasteiger partial charge on any atom is 0.332 e. The Bertz CT molecular complexity index is 744. The number of carbonyl (C=O) groups excluding carboxylic acids is 1. The van der Waals surface area contributed by atoms with Gasteiger partial charge in [0.05, 0.1) is 17.9 Å². The molecule has 1 amide bonds. The van der Waals surface area contributed by atoms with E-state index in [0.717, 1.165) is 0 Å². The second-order valence-corrected chi connectivity index (χ2v) is 5.80. The van der Waals surface area contributed by atoms with E-state index in [-0.39, 0.29) is 12.5 Å². The van der Waals surface area contributed by atoms with Crippen molar-refractivity contribution in [3.63, 3.8) is 0 Å². The summed E-state index contributed by atoms with van der Waals surface area (Å²) in [6.45, 7) is 0.361. The summed E-state index contributed by atoms with van der Waals surface area (Å²) < 4.78 is 6.72. The van der Waals surface area contributed by atoms with E-state index in [0.29, 0.717) is 30.6 Å². The first-order chi connectivity index (χ1) is 11.6. The Hall–Kier alpha value is -2.67. The predicted octanol–water partition coefficient (Wildman–Crippen LogP) is 1.58. The molecule has 1 aromatic carbocycles. The number of amides is 1. The van der Waals surface area contributed by atoms with Gasteiger partial charge in [0.2, 0.25) is 0 Å². The van der Waals surface area contributed by atoms with Gasteiger partial charge in [0, 0.05) is 26.0 Å². The number of para-hydroxylation sites is 1. The Morgan fingerprint density at radius 1 is 1.33 bits per heavy atom. The molecule has 1 N–H and O–H groups in total. The molecular formula is C17H19N3O4. The van der Waals surface area contributed by atoms with Crippen LogP contribution in [0.1, 0.15) is 23.2 Å². The molecule has 7 nitrogen and oxygen atoms in total. The Morgan fingerprint density at radius 2 is 2.12 bits per heavy atom. The van der Waals surface area contributed by atoms with Crippen LogP contribution in [0, 0.1) is 0 Å². The van der Waals surface area contributed by atoms with Gasteiger partial charge in [-0.15, -0.1) is 0 Å². The molecule has 1 aromatic heterocycles. The minimum atomic E-state index is -1.32. The summed E-state index contributed by atoms with van der Waals surface area (Å²) in [6.07, 6.45) is 4.39. The lowest BCUT2D eigenvalue weighted by molar-refractivity contribution is -0.151. The fraction of sp³-hybridized carbons (Fsp3) is 0.353. The van der Waals surface area contributed by atoms with Crippen LogP contribution in [0.3, 0.4) is 0 Å². The first-order valence-corrected chi connectivity index (χ1v) is 7.73. The number of ether oxygens (including phenoxy) is 1. The number of aliphatic carboxylic acids is 1. The number of likely N-dealkylation sites (tertiary alicyclic amines) is 1. The maximum atomic E-state index is 13.1. The lowest BCUT2D eigenvalue weighted by atomic mass is 9.96. The highest BCUT2D eigenvalue weighted by Gasteiger charge is 2.50. The molecule has 126 valence electrons. The SMILES string of the molecule is COCC1(C(=O)O)CCCN1C(=O)c1ccccc1-n1cccn1. The zero-order chi connectivity index (χ0) is 17.2. The number of hydrogen-bond donors (Lipinski definition) is 1. The minimum absolute atomic E-state index is 0.0298. The summed E-state index contributed by atoms with van der Waals surface area (Å²) in [5.74, 6) is -1.36. The molecule has 1 aliphatic rings. The summed E-state index contributed by atoms with van der Waals surface area (Å²) in [6, 6.07) is 8.82. The Morgan fingerprint density at radius 3 is 2.79 bits per heavy atom. The number of nitrogens with zero attached hydrogens (tertiary/aromatic N) is 3. The number of carboxylic acid groups (broad SMARTS) is 1. The second kappa shape index (κ2) is 6.45. The third kappa shape index (κ3) is 2.56. The predicted molar refractivity (Wildman–Crippen MR) is 86.1 cm³/mol. The van der Waals surface area contributed by atoms with Crippen LogP contribution in [0.4, 0.5) is 0 Å². The minimum Gasteiger partial charge on any atom is -0.479 e. The summed E-state index contributed by atoms with van der Waals surface area (Å²) in [5, 5.41) is 13.9. The highest BCUT2D eigenvalue weighted by molar-refractivity contribution is 6.01. The molecule has 0 radical (unpaired) electrons. The number of methoxy groups -OCH3 is 1. The first kappa shape index (κ1) is 16.2. The van der Waals surface area contributed by atoms with Crippen LogP contribution in [-0.4, -0.2) is 57.5 Å². The molecule has 0 saturated carbocycles. The van der Waals surface area contributed by atoms with E-state index in [1.54, 1.807) is 41.3 Å².